The average molecular weight is 292 g/mol. The number of methoxy groups -OCH3 is 1. The number of hydrogen-bond acceptors (Lipinski definition) is 4. The number of rotatable bonds is 8. The van der Waals surface area contributed by atoms with Crippen LogP contribution in [0.3, 0.4) is 0 Å². The van der Waals surface area contributed by atoms with E-state index in [2.05, 4.69) is 10.6 Å². The lowest BCUT2D eigenvalue weighted by Gasteiger charge is -2.11. The quantitative estimate of drug-likeness (QED) is 0.712. The predicted octanol–water partition coefficient (Wildman–Crippen LogP) is 1.47. The van der Waals surface area contributed by atoms with Crippen LogP contribution < -0.4 is 15.4 Å². The van der Waals surface area contributed by atoms with Crippen LogP contribution in [0.5, 0.6) is 5.75 Å². The minimum atomic E-state index is 0.0424. The van der Waals surface area contributed by atoms with E-state index >= 15 is 0 Å². The molecule has 1 heterocycles. The van der Waals surface area contributed by atoms with E-state index in [0.29, 0.717) is 25.6 Å². The van der Waals surface area contributed by atoms with E-state index in [1.165, 1.54) is 0 Å². The van der Waals surface area contributed by atoms with Crippen molar-refractivity contribution in [3.05, 3.63) is 29.8 Å². The van der Waals surface area contributed by atoms with Crippen molar-refractivity contribution in [2.24, 2.45) is 0 Å². The van der Waals surface area contributed by atoms with Crippen molar-refractivity contribution in [2.75, 3.05) is 26.8 Å². The van der Waals surface area contributed by atoms with Gasteiger partial charge in [-0.25, -0.2) is 0 Å². The topological polar surface area (TPSA) is 59.6 Å². The van der Waals surface area contributed by atoms with Crippen LogP contribution >= 0.6 is 0 Å². The molecule has 1 aromatic rings. The van der Waals surface area contributed by atoms with E-state index in [1.54, 1.807) is 7.11 Å². The second-order valence-electron chi connectivity index (χ2n) is 5.18. The lowest BCUT2D eigenvalue weighted by molar-refractivity contribution is -0.121. The van der Waals surface area contributed by atoms with Crippen molar-refractivity contribution in [3.63, 3.8) is 0 Å². The third kappa shape index (κ3) is 5.36. The molecule has 0 aromatic heterocycles. The Kier molecular flexibility index (Phi) is 6.50. The van der Waals surface area contributed by atoms with Crippen LogP contribution in [0.2, 0.25) is 0 Å². The number of nitrogens with one attached hydrogen (secondary N) is 2. The third-order valence-corrected chi connectivity index (χ3v) is 3.59. The predicted molar refractivity (Wildman–Crippen MR) is 81.3 cm³/mol. The SMILES string of the molecule is COc1ccccc1CNC(=O)CCNCC1CCCO1. The summed E-state index contributed by atoms with van der Waals surface area (Å²) in [5.74, 6) is 0.843. The number of hydrogen-bond donors (Lipinski definition) is 2. The molecule has 5 nitrogen and oxygen atoms in total. The van der Waals surface area contributed by atoms with E-state index in [1.807, 2.05) is 24.3 Å². The summed E-state index contributed by atoms with van der Waals surface area (Å²) in [4.78, 5) is 11.8. The molecular formula is C16H24N2O3. The Balaban J connectivity index is 1.60. The molecular weight excluding hydrogens is 268 g/mol. The smallest absolute Gasteiger partial charge is 0.221 e. The monoisotopic (exact) mass is 292 g/mol. The van der Waals surface area contributed by atoms with Crippen LogP contribution in [-0.4, -0.2) is 38.8 Å². The van der Waals surface area contributed by atoms with Gasteiger partial charge < -0.3 is 20.1 Å². The summed E-state index contributed by atoms with van der Waals surface area (Å²) in [6.45, 7) is 2.87. The first kappa shape index (κ1) is 15.8. The van der Waals surface area contributed by atoms with Crippen LogP contribution in [-0.2, 0) is 16.1 Å². The molecule has 21 heavy (non-hydrogen) atoms. The van der Waals surface area contributed by atoms with E-state index in [9.17, 15) is 4.79 Å². The van der Waals surface area contributed by atoms with Gasteiger partial charge in [0.1, 0.15) is 5.75 Å². The Bertz CT molecular complexity index is 445. The first-order valence-corrected chi connectivity index (χ1v) is 7.50. The zero-order chi connectivity index (χ0) is 14.9. The molecule has 1 amide bonds. The number of benzene rings is 1. The van der Waals surface area contributed by atoms with Gasteiger partial charge in [-0.3, -0.25) is 4.79 Å². The van der Waals surface area contributed by atoms with Gasteiger partial charge in [-0.1, -0.05) is 18.2 Å². The molecule has 1 unspecified atom stereocenters. The summed E-state index contributed by atoms with van der Waals surface area (Å²) in [7, 11) is 1.63. The lowest BCUT2D eigenvalue weighted by atomic mass is 10.2. The standard InChI is InChI=1S/C16H24N2O3/c1-20-15-7-3-2-5-13(15)11-18-16(19)8-9-17-12-14-6-4-10-21-14/h2-3,5,7,14,17H,4,6,8-12H2,1H3,(H,18,19). The van der Waals surface area contributed by atoms with E-state index in [0.717, 1.165) is 37.3 Å². The molecule has 0 bridgehead atoms. The molecule has 0 saturated carbocycles. The highest BCUT2D eigenvalue weighted by molar-refractivity contribution is 5.76. The van der Waals surface area contributed by atoms with Crippen LogP contribution in [0.4, 0.5) is 0 Å². The fraction of sp³-hybridized carbons (Fsp3) is 0.562. The summed E-state index contributed by atoms with van der Waals surface area (Å²) >= 11 is 0. The van der Waals surface area contributed by atoms with Crippen LogP contribution in [0.15, 0.2) is 24.3 Å². The van der Waals surface area contributed by atoms with E-state index in [4.69, 9.17) is 9.47 Å². The molecule has 1 aromatic carbocycles. The number of ether oxygens (including phenoxy) is 2. The second-order valence-corrected chi connectivity index (χ2v) is 5.18. The van der Waals surface area contributed by atoms with Gasteiger partial charge in [0.15, 0.2) is 0 Å². The second kappa shape index (κ2) is 8.64. The molecule has 1 atom stereocenters. The van der Waals surface area contributed by atoms with Crippen LogP contribution in [0.25, 0.3) is 0 Å². The summed E-state index contributed by atoms with van der Waals surface area (Å²) < 4.78 is 10.8. The first-order valence-electron chi connectivity index (χ1n) is 7.50. The summed E-state index contributed by atoms with van der Waals surface area (Å²) in [6, 6.07) is 7.70. The maximum atomic E-state index is 11.8. The van der Waals surface area contributed by atoms with Crippen molar-refractivity contribution >= 4 is 5.91 Å². The molecule has 1 aliphatic heterocycles. The van der Waals surface area contributed by atoms with Gasteiger partial charge >= 0.3 is 0 Å². The van der Waals surface area contributed by atoms with Gasteiger partial charge in [0.05, 0.1) is 13.2 Å². The zero-order valence-electron chi connectivity index (χ0n) is 12.6. The highest BCUT2D eigenvalue weighted by Gasteiger charge is 2.14. The molecule has 0 radical (unpaired) electrons. The molecule has 2 rings (SSSR count). The minimum absolute atomic E-state index is 0.0424. The number of para-hydroxylation sites is 1. The Morgan fingerprint density at radius 2 is 2.29 bits per heavy atom. The molecule has 1 aliphatic rings. The first-order chi connectivity index (χ1) is 10.3. The number of amides is 1. The maximum absolute atomic E-state index is 11.8. The lowest BCUT2D eigenvalue weighted by Crippen LogP contribution is -2.31. The third-order valence-electron chi connectivity index (χ3n) is 3.59. The zero-order valence-corrected chi connectivity index (χ0v) is 12.6. The molecule has 2 N–H and O–H groups in total. The Hall–Kier alpha value is -1.59. The fourth-order valence-electron chi connectivity index (χ4n) is 2.40. The normalized spacial score (nSPS) is 17.7. The van der Waals surface area contributed by atoms with Crippen molar-refractivity contribution in [1.29, 1.82) is 0 Å². The highest BCUT2D eigenvalue weighted by Crippen LogP contribution is 2.16. The Morgan fingerprint density at radius 1 is 1.43 bits per heavy atom. The highest BCUT2D eigenvalue weighted by atomic mass is 16.5. The van der Waals surface area contributed by atoms with Crippen LogP contribution in [0, 0.1) is 0 Å². The average Bonchev–Trinajstić information content (AvgIpc) is 3.03. The summed E-state index contributed by atoms with van der Waals surface area (Å²) in [5, 5.41) is 6.18. The Labute approximate surface area is 126 Å². The molecule has 116 valence electrons. The van der Waals surface area contributed by atoms with Gasteiger partial charge in [-0.05, 0) is 18.9 Å². The molecule has 0 aliphatic carbocycles. The van der Waals surface area contributed by atoms with Crippen molar-refractivity contribution in [2.45, 2.75) is 31.9 Å². The van der Waals surface area contributed by atoms with Gasteiger partial charge in [-0.2, -0.15) is 0 Å². The van der Waals surface area contributed by atoms with E-state index in [-0.39, 0.29) is 5.91 Å². The summed E-state index contributed by atoms with van der Waals surface area (Å²) in [6.07, 6.45) is 3.06. The van der Waals surface area contributed by atoms with Gasteiger partial charge in [0, 0.05) is 38.2 Å². The molecule has 1 saturated heterocycles. The minimum Gasteiger partial charge on any atom is -0.496 e. The largest absolute Gasteiger partial charge is 0.496 e. The fourth-order valence-corrected chi connectivity index (χ4v) is 2.40. The van der Waals surface area contributed by atoms with Gasteiger partial charge in [0.25, 0.3) is 0 Å². The molecule has 0 spiro atoms. The van der Waals surface area contributed by atoms with Gasteiger partial charge in [-0.15, -0.1) is 0 Å². The molecule has 5 heteroatoms. The molecule has 1 fully saturated rings. The van der Waals surface area contributed by atoms with Crippen molar-refractivity contribution in [3.8, 4) is 5.75 Å². The van der Waals surface area contributed by atoms with Crippen molar-refractivity contribution in [1.82, 2.24) is 10.6 Å². The number of carbonyl (C=O) groups excluding carboxylic acids is 1. The van der Waals surface area contributed by atoms with E-state index < -0.39 is 0 Å². The van der Waals surface area contributed by atoms with Gasteiger partial charge in [0.2, 0.25) is 5.91 Å². The van der Waals surface area contributed by atoms with Crippen molar-refractivity contribution < 1.29 is 14.3 Å². The summed E-state index contributed by atoms with van der Waals surface area (Å²) in [5.41, 5.74) is 0.987. The number of carbonyl (C=O) groups is 1. The van der Waals surface area contributed by atoms with Crippen LogP contribution in [0.1, 0.15) is 24.8 Å². The Morgan fingerprint density at radius 3 is 3.05 bits per heavy atom. The maximum Gasteiger partial charge on any atom is 0.221 e.